The van der Waals surface area contributed by atoms with Gasteiger partial charge in [0.05, 0.1) is 5.69 Å². The largest absolute Gasteiger partial charge is 0.471 e. The molecule has 2 aromatic rings. The van der Waals surface area contributed by atoms with E-state index in [2.05, 4.69) is 30.1 Å². The molecule has 2 heterocycles. The Morgan fingerprint density at radius 3 is 2.55 bits per heavy atom. The van der Waals surface area contributed by atoms with Crippen LogP contribution >= 0.6 is 7.82 Å². The second-order valence-corrected chi connectivity index (χ2v) is 11.1. The van der Waals surface area contributed by atoms with E-state index in [0.29, 0.717) is 0 Å². The van der Waals surface area contributed by atoms with Gasteiger partial charge in [0.2, 0.25) is 5.88 Å². The normalized spacial score (nSPS) is 22.1. The van der Waals surface area contributed by atoms with Crippen molar-refractivity contribution in [1.82, 2.24) is 24.9 Å². The average molecular weight is 598 g/mol. The van der Waals surface area contributed by atoms with E-state index < -0.39 is 63.4 Å². The Morgan fingerprint density at radius 2 is 1.93 bits per heavy atom. The molecule has 0 aromatic carbocycles. The number of amides is 2. The van der Waals surface area contributed by atoms with Gasteiger partial charge in [-0.15, -0.1) is 5.10 Å². The predicted molar refractivity (Wildman–Crippen MR) is 126 cm³/mol. The molecule has 2 aromatic heterocycles. The molecule has 4 rings (SSSR count). The summed E-state index contributed by atoms with van der Waals surface area (Å²) in [5.41, 5.74) is -0.354. The lowest BCUT2D eigenvalue weighted by Crippen LogP contribution is -2.38. The highest BCUT2D eigenvalue weighted by atomic mass is 31.2. The first-order valence-electron chi connectivity index (χ1n) is 12.0. The molecule has 2 aliphatic carbocycles. The number of alkyl halides is 4. The lowest BCUT2D eigenvalue weighted by molar-refractivity contribution is -0.154. The maximum atomic E-state index is 14.7. The summed E-state index contributed by atoms with van der Waals surface area (Å²) < 4.78 is 79.4. The van der Waals surface area contributed by atoms with Gasteiger partial charge in [-0.05, 0) is 32.6 Å². The van der Waals surface area contributed by atoms with Crippen LogP contribution in [0.5, 0.6) is 5.88 Å². The predicted octanol–water partition coefficient (Wildman–Crippen LogP) is 2.74. The van der Waals surface area contributed by atoms with E-state index in [1.165, 1.54) is 13.1 Å². The number of halogens is 4. The number of hydrogen-bond acceptors (Lipinski definition) is 8. The molecular weight excluding hydrogens is 571 g/mol. The van der Waals surface area contributed by atoms with Crippen LogP contribution in [0.2, 0.25) is 0 Å². The van der Waals surface area contributed by atoms with Crippen molar-refractivity contribution in [3.63, 3.8) is 0 Å². The minimum Gasteiger partial charge on any atom is -0.467 e. The fourth-order valence-electron chi connectivity index (χ4n) is 4.06. The van der Waals surface area contributed by atoms with Gasteiger partial charge < -0.3 is 29.9 Å². The van der Waals surface area contributed by atoms with Crippen molar-refractivity contribution in [1.29, 1.82) is 0 Å². The number of carbonyl (C=O) groups is 2. The smallest absolute Gasteiger partial charge is 0.467 e. The maximum Gasteiger partial charge on any atom is 0.471 e. The highest BCUT2D eigenvalue weighted by Gasteiger charge is 2.43. The molecule has 0 bridgehead atoms. The Labute approximate surface area is 224 Å². The van der Waals surface area contributed by atoms with Crippen molar-refractivity contribution in [2.45, 2.75) is 69.2 Å². The number of phosphoric acid groups is 1. The first-order valence-corrected chi connectivity index (χ1v) is 13.5. The van der Waals surface area contributed by atoms with E-state index in [4.69, 9.17) is 14.5 Å². The molecule has 2 fully saturated rings. The van der Waals surface area contributed by atoms with E-state index >= 15 is 0 Å². The first-order chi connectivity index (χ1) is 18.5. The Balaban J connectivity index is 1.48. The Morgan fingerprint density at radius 1 is 1.23 bits per heavy atom. The summed E-state index contributed by atoms with van der Waals surface area (Å²) in [6.07, 6.45) is -6.39. The van der Waals surface area contributed by atoms with E-state index in [0.717, 1.165) is 28.3 Å². The summed E-state index contributed by atoms with van der Waals surface area (Å²) >= 11 is 0. The molecule has 0 spiro atoms. The van der Waals surface area contributed by atoms with Crippen molar-refractivity contribution in [3.05, 3.63) is 23.5 Å². The van der Waals surface area contributed by atoms with Gasteiger partial charge in [-0.1, -0.05) is 0 Å². The van der Waals surface area contributed by atoms with E-state index in [9.17, 15) is 31.7 Å². The molecule has 2 saturated carbocycles. The number of hydrogen-bond donors (Lipinski definition) is 4. The van der Waals surface area contributed by atoms with Gasteiger partial charge >= 0.3 is 20.1 Å². The highest BCUT2D eigenvalue weighted by molar-refractivity contribution is 7.46. The third-order valence-electron chi connectivity index (χ3n) is 6.37. The zero-order valence-corrected chi connectivity index (χ0v) is 22.1. The van der Waals surface area contributed by atoms with E-state index in [-0.39, 0.29) is 35.6 Å². The van der Waals surface area contributed by atoms with Gasteiger partial charge in [-0.25, -0.2) is 18.4 Å². The van der Waals surface area contributed by atoms with Crippen molar-refractivity contribution >= 4 is 25.6 Å². The van der Waals surface area contributed by atoms with Crippen LogP contribution in [0.4, 0.5) is 28.2 Å². The number of aromatic nitrogens is 4. The second-order valence-electron chi connectivity index (χ2n) is 9.87. The molecular formula is C21H27F4N6O8P. The van der Waals surface area contributed by atoms with Gasteiger partial charge in [-0.3, -0.25) is 14.0 Å². The van der Waals surface area contributed by atoms with E-state index in [1.807, 2.05) is 6.92 Å². The van der Waals surface area contributed by atoms with Crippen LogP contribution in [-0.4, -0.2) is 71.9 Å². The fraction of sp³-hybridized carbons (Fsp3) is 0.619. The van der Waals surface area contributed by atoms with Crippen LogP contribution in [0.1, 0.15) is 54.7 Å². The number of anilines is 1. The Bertz CT molecular complexity index is 1310. The third kappa shape index (κ3) is 7.93. The minimum absolute atomic E-state index is 0.0523. The summed E-state index contributed by atoms with van der Waals surface area (Å²) in [5, 5.41) is 13.0. The van der Waals surface area contributed by atoms with Crippen LogP contribution in [-0.2, 0) is 27.6 Å². The zero-order chi connectivity index (χ0) is 29.5. The molecule has 4 N–H and O–H groups in total. The molecule has 2 aliphatic rings. The van der Waals surface area contributed by atoms with Crippen LogP contribution in [0.15, 0.2) is 12.1 Å². The topological polar surface area (TPSA) is 179 Å². The summed E-state index contributed by atoms with van der Waals surface area (Å²) in [5.74, 6) is -2.04. The number of alkyl carbamates (subject to hydrolysis) is 1. The molecule has 0 radical (unpaired) electrons. The highest BCUT2D eigenvalue weighted by Crippen LogP contribution is 2.40. The number of aryl methyl sites for hydroxylation is 1. The lowest BCUT2D eigenvalue weighted by Gasteiger charge is -2.17. The minimum atomic E-state index is -4.95. The van der Waals surface area contributed by atoms with Gasteiger partial charge in [-0.2, -0.15) is 18.3 Å². The number of ether oxygens (including phenoxy) is 2. The summed E-state index contributed by atoms with van der Waals surface area (Å²) in [6.45, 7) is -0.593. The number of phosphoric ester groups is 1. The number of nitrogens with one attached hydrogen (secondary N) is 2. The van der Waals surface area contributed by atoms with Gasteiger partial charge in [0.15, 0.2) is 13.3 Å². The quantitative estimate of drug-likeness (QED) is 0.235. The van der Waals surface area contributed by atoms with Gasteiger partial charge in [0.1, 0.15) is 23.8 Å². The molecule has 2 amide bonds. The molecule has 3 atom stereocenters. The number of carbonyl (C=O) groups excluding carboxylic acids is 2. The summed E-state index contributed by atoms with van der Waals surface area (Å²) in [6, 6.07) is 2.29. The van der Waals surface area contributed by atoms with Gasteiger partial charge in [0, 0.05) is 30.6 Å². The zero-order valence-electron chi connectivity index (χ0n) is 21.2. The molecule has 14 nitrogen and oxygen atoms in total. The SMILES string of the molecule is Cn1nc(OCC(F)(F)F)cc1C(=O)Nc1cc([C@@H]2C[C@H](F)[C@H](OC(=O)NC3(C)CC3)C2)nn1COP(=O)(O)O. The molecule has 0 unspecified atom stereocenters. The van der Waals surface area contributed by atoms with E-state index in [1.54, 1.807) is 0 Å². The second kappa shape index (κ2) is 11.0. The van der Waals surface area contributed by atoms with Gasteiger partial charge in [0.25, 0.3) is 5.91 Å². The Hall–Kier alpha value is -3.21. The molecule has 222 valence electrons. The number of rotatable bonds is 10. The molecule has 0 saturated heterocycles. The summed E-state index contributed by atoms with van der Waals surface area (Å²) in [7, 11) is -3.67. The maximum absolute atomic E-state index is 14.7. The molecule has 0 aliphatic heterocycles. The van der Waals surface area contributed by atoms with Crippen molar-refractivity contribution < 1.29 is 55.5 Å². The third-order valence-corrected chi connectivity index (χ3v) is 6.82. The number of nitrogens with zero attached hydrogens (tertiary/aromatic N) is 4. The standard InChI is InChI=1S/C21H27F4N6O8P/c1-20(3-4-20)27-19(33)39-15-6-11(5-12(15)22)13-7-16(31(28-13)10-38-40(34,35)36)26-18(32)14-8-17(29-30(14)2)37-9-21(23,24)25/h7-8,11-12,15H,3-6,9-10H2,1-2H3,(H,26,32)(H,27,33)(H2,34,35,36)/t11-,12+,15-/m1/s1. The lowest BCUT2D eigenvalue weighted by atomic mass is 10.0. The fourth-order valence-corrected chi connectivity index (χ4v) is 4.32. The van der Waals surface area contributed by atoms with Crippen molar-refractivity contribution in [3.8, 4) is 5.88 Å². The van der Waals surface area contributed by atoms with Crippen LogP contribution in [0.25, 0.3) is 0 Å². The average Bonchev–Trinajstić information content (AvgIpc) is 3.13. The van der Waals surface area contributed by atoms with Crippen molar-refractivity contribution in [2.75, 3.05) is 11.9 Å². The first kappa shape index (κ1) is 29.8. The molecule has 19 heteroatoms. The monoisotopic (exact) mass is 598 g/mol. The summed E-state index contributed by atoms with van der Waals surface area (Å²) in [4.78, 5) is 43.2. The Kier molecular flexibility index (Phi) is 8.18. The molecule has 40 heavy (non-hydrogen) atoms. The van der Waals surface area contributed by atoms with Crippen LogP contribution < -0.4 is 15.4 Å². The van der Waals surface area contributed by atoms with Crippen LogP contribution in [0, 0.1) is 0 Å². The van der Waals surface area contributed by atoms with Crippen molar-refractivity contribution in [2.24, 2.45) is 7.05 Å². The van der Waals surface area contributed by atoms with Crippen LogP contribution in [0.3, 0.4) is 0 Å².